The van der Waals surface area contributed by atoms with Crippen LogP contribution in [-0.2, 0) is 6.42 Å². The summed E-state index contributed by atoms with van der Waals surface area (Å²) in [6.45, 7) is 3.67. The second-order valence-corrected chi connectivity index (χ2v) is 6.73. The van der Waals surface area contributed by atoms with E-state index in [1.165, 1.54) is 50.6 Å². The van der Waals surface area contributed by atoms with Crippen molar-refractivity contribution in [3.63, 3.8) is 0 Å². The first kappa shape index (κ1) is 13.2. The van der Waals surface area contributed by atoms with E-state index in [-0.39, 0.29) is 0 Å². The predicted octanol–water partition coefficient (Wildman–Crippen LogP) is 4.03. The Kier molecular flexibility index (Phi) is 4.22. The molecule has 1 aromatic rings. The Balaban J connectivity index is 1.64. The zero-order valence-corrected chi connectivity index (χ0v) is 12.1. The summed E-state index contributed by atoms with van der Waals surface area (Å²) in [5.74, 6) is 2.85. The fourth-order valence-electron chi connectivity index (χ4n) is 4.31. The minimum absolute atomic E-state index is 0.720. The number of rotatable bonds is 3. The largest absolute Gasteiger partial charge is 0.313 e. The fraction of sp³-hybridized carbons (Fsp3) is 0.667. The lowest BCUT2D eigenvalue weighted by molar-refractivity contribution is 0.189. The fourth-order valence-corrected chi connectivity index (χ4v) is 4.31. The topological polar surface area (TPSA) is 12.0 Å². The Morgan fingerprint density at radius 3 is 2.74 bits per heavy atom. The molecule has 3 rings (SSSR count). The third kappa shape index (κ3) is 3.20. The Hall–Kier alpha value is -0.820. The van der Waals surface area contributed by atoms with Crippen LogP contribution in [0.3, 0.4) is 0 Å². The monoisotopic (exact) mass is 257 g/mol. The molecule has 1 aromatic carbocycles. The lowest BCUT2D eigenvalue weighted by Gasteiger charge is -2.34. The summed E-state index contributed by atoms with van der Waals surface area (Å²) in [6, 6.07) is 11.7. The van der Waals surface area contributed by atoms with Gasteiger partial charge in [0.25, 0.3) is 0 Å². The molecule has 1 saturated heterocycles. The highest BCUT2D eigenvalue weighted by molar-refractivity contribution is 5.16. The Bertz CT molecular complexity index is 386. The van der Waals surface area contributed by atoms with Crippen LogP contribution in [-0.4, -0.2) is 12.6 Å². The van der Waals surface area contributed by atoms with Gasteiger partial charge in [0, 0.05) is 6.04 Å². The van der Waals surface area contributed by atoms with E-state index >= 15 is 0 Å². The molecule has 4 atom stereocenters. The number of hydrogen-bond acceptors (Lipinski definition) is 1. The summed E-state index contributed by atoms with van der Waals surface area (Å²) in [7, 11) is 0. The standard InChI is InChI=1S/C18H27N/c1-14-6-5-9-16(12-14)17-10-11-19-18(17)13-15-7-3-2-4-8-15/h2-4,7-8,14,16-19H,5-6,9-13H2,1H3. The molecule has 0 radical (unpaired) electrons. The first-order valence-electron chi connectivity index (χ1n) is 8.10. The van der Waals surface area contributed by atoms with Crippen LogP contribution in [0, 0.1) is 17.8 Å². The van der Waals surface area contributed by atoms with E-state index in [0.29, 0.717) is 0 Å². The molecule has 0 amide bonds. The van der Waals surface area contributed by atoms with Crippen LogP contribution in [0.2, 0.25) is 0 Å². The molecule has 1 saturated carbocycles. The number of hydrogen-bond donors (Lipinski definition) is 1. The molecule has 0 bridgehead atoms. The summed E-state index contributed by atoms with van der Waals surface area (Å²) in [5.41, 5.74) is 1.50. The lowest BCUT2D eigenvalue weighted by atomic mass is 9.72. The van der Waals surface area contributed by atoms with Crippen LogP contribution in [0.1, 0.15) is 44.6 Å². The minimum Gasteiger partial charge on any atom is -0.313 e. The zero-order valence-electron chi connectivity index (χ0n) is 12.1. The van der Waals surface area contributed by atoms with Gasteiger partial charge in [0.05, 0.1) is 0 Å². The van der Waals surface area contributed by atoms with Gasteiger partial charge < -0.3 is 5.32 Å². The van der Waals surface area contributed by atoms with E-state index < -0.39 is 0 Å². The van der Waals surface area contributed by atoms with Crippen molar-refractivity contribution in [1.29, 1.82) is 0 Å². The molecule has 4 unspecified atom stereocenters. The average Bonchev–Trinajstić information content (AvgIpc) is 2.88. The van der Waals surface area contributed by atoms with Crippen LogP contribution in [0.5, 0.6) is 0 Å². The smallest absolute Gasteiger partial charge is 0.0139 e. The molecule has 1 heteroatoms. The van der Waals surface area contributed by atoms with E-state index in [1.807, 2.05) is 0 Å². The summed E-state index contributed by atoms with van der Waals surface area (Å²) in [4.78, 5) is 0. The van der Waals surface area contributed by atoms with Crippen LogP contribution in [0.4, 0.5) is 0 Å². The van der Waals surface area contributed by atoms with Gasteiger partial charge in [-0.3, -0.25) is 0 Å². The van der Waals surface area contributed by atoms with Gasteiger partial charge in [0.2, 0.25) is 0 Å². The van der Waals surface area contributed by atoms with Crippen molar-refractivity contribution in [2.45, 2.75) is 51.5 Å². The van der Waals surface area contributed by atoms with Gasteiger partial charge >= 0.3 is 0 Å². The van der Waals surface area contributed by atoms with Crippen molar-refractivity contribution >= 4 is 0 Å². The maximum absolute atomic E-state index is 3.77. The van der Waals surface area contributed by atoms with Gasteiger partial charge in [0.1, 0.15) is 0 Å². The second-order valence-electron chi connectivity index (χ2n) is 6.73. The highest BCUT2D eigenvalue weighted by Crippen LogP contribution is 2.38. The highest BCUT2D eigenvalue weighted by Gasteiger charge is 2.35. The van der Waals surface area contributed by atoms with Gasteiger partial charge in [-0.25, -0.2) is 0 Å². The zero-order chi connectivity index (χ0) is 13.1. The van der Waals surface area contributed by atoms with Crippen molar-refractivity contribution in [2.24, 2.45) is 17.8 Å². The third-order valence-corrected chi connectivity index (χ3v) is 5.28. The summed E-state index contributed by atoms with van der Waals surface area (Å²) >= 11 is 0. The van der Waals surface area contributed by atoms with Crippen LogP contribution >= 0.6 is 0 Å². The molecule has 2 fully saturated rings. The van der Waals surface area contributed by atoms with Crippen molar-refractivity contribution in [2.75, 3.05) is 6.54 Å². The molecule has 1 aliphatic carbocycles. The molecule has 1 aliphatic heterocycles. The van der Waals surface area contributed by atoms with E-state index in [0.717, 1.165) is 23.8 Å². The normalized spacial score (nSPS) is 35.4. The lowest BCUT2D eigenvalue weighted by Crippen LogP contribution is -2.34. The molecule has 1 N–H and O–H groups in total. The third-order valence-electron chi connectivity index (χ3n) is 5.28. The van der Waals surface area contributed by atoms with Crippen molar-refractivity contribution in [1.82, 2.24) is 5.32 Å². The van der Waals surface area contributed by atoms with Gasteiger partial charge in [-0.1, -0.05) is 56.5 Å². The Morgan fingerprint density at radius 2 is 1.95 bits per heavy atom. The molecular weight excluding hydrogens is 230 g/mol. The van der Waals surface area contributed by atoms with Gasteiger partial charge in [-0.05, 0) is 49.1 Å². The van der Waals surface area contributed by atoms with E-state index in [2.05, 4.69) is 42.6 Å². The van der Waals surface area contributed by atoms with Gasteiger partial charge in [-0.2, -0.15) is 0 Å². The summed E-state index contributed by atoms with van der Waals surface area (Å²) in [6.07, 6.45) is 8.48. The molecule has 2 aliphatic rings. The first-order chi connectivity index (χ1) is 9.33. The average molecular weight is 257 g/mol. The molecular formula is C18H27N. The molecule has 0 spiro atoms. The first-order valence-corrected chi connectivity index (χ1v) is 8.10. The van der Waals surface area contributed by atoms with Crippen LogP contribution in [0.25, 0.3) is 0 Å². The van der Waals surface area contributed by atoms with Crippen molar-refractivity contribution in [3.05, 3.63) is 35.9 Å². The summed E-state index contributed by atoms with van der Waals surface area (Å²) < 4.78 is 0. The van der Waals surface area contributed by atoms with E-state index in [1.54, 1.807) is 0 Å². The molecule has 19 heavy (non-hydrogen) atoms. The molecule has 1 heterocycles. The molecule has 0 aromatic heterocycles. The van der Waals surface area contributed by atoms with Crippen LogP contribution < -0.4 is 5.32 Å². The quantitative estimate of drug-likeness (QED) is 0.862. The number of nitrogens with one attached hydrogen (secondary N) is 1. The van der Waals surface area contributed by atoms with Crippen LogP contribution in [0.15, 0.2) is 30.3 Å². The van der Waals surface area contributed by atoms with E-state index in [9.17, 15) is 0 Å². The Labute approximate surface area is 117 Å². The highest BCUT2D eigenvalue weighted by atomic mass is 15.0. The number of benzene rings is 1. The second kappa shape index (κ2) is 6.09. The maximum Gasteiger partial charge on any atom is 0.0139 e. The summed E-state index contributed by atoms with van der Waals surface area (Å²) in [5, 5.41) is 3.77. The SMILES string of the molecule is CC1CCCC(C2CCNC2Cc2ccccc2)C1. The van der Waals surface area contributed by atoms with Gasteiger partial charge in [0.15, 0.2) is 0 Å². The minimum atomic E-state index is 0.720. The van der Waals surface area contributed by atoms with Gasteiger partial charge in [-0.15, -0.1) is 0 Å². The molecule has 104 valence electrons. The van der Waals surface area contributed by atoms with Crippen molar-refractivity contribution < 1.29 is 0 Å². The Morgan fingerprint density at radius 1 is 1.11 bits per heavy atom. The molecule has 1 nitrogen and oxygen atoms in total. The van der Waals surface area contributed by atoms with E-state index in [4.69, 9.17) is 0 Å². The van der Waals surface area contributed by atoms with Crippen molar-refractivity contribution in [3.8, 4) is 0 Å². The predicted molar refractivity (Wildman–Crippen MR) is 81.2 cm³/mol. The maximum atomic E-state index is 3.77.